The molecule has 2 N–H and O–H groups in total. The highest BCUT2D eigenvalue weighted by molar-refractivity contribution is 5.80. The Labute approximate surface area is 102 Å². The summed E-state index contributed by atoms with van der Waals surface area (Å²) in [6.45, 7) is 4.47. The molecule has 0 radical (unpaired) electrons. The van der Waals surface area contributed by atoms with E-state index in [4.69, 9.17) is 10.2 Å². The third-order valence-electron chi connectivity index (χ3n) is 2.40. The van der Waals surface area contributed by atoms with Gasteiger partial charge in [0.2, 0.25) is 0 Å². The second kappa shape index (κ2) is 8.81. The number of rotatable bonds is 8. The van der Waals surface area contributed by atoms with Crippen LogP contribution in [0.5, 0.6) is 0 Å². The number of carboxylic acids is 1. The number of unbranched alkanes of at least 4 members (excludes halogenated alkanes) is 1. The van der Waals surface area contributed by atoms with Gasteiger partial charge in [-0.2, -0.15) is 0 Å². The van der Waals surface area contributed by atoms with Crippen LogP contribution in [0, 0.1) is 0 Å². The number of nitrogens with zero attached hydrogens (tertiary/aromatic N) is 2. The molecule has 0 fully saturated rings. The Kier molecular flexibility index (Phi) is 8.13. The normalized spacial score (nSPS) is 10.1. The second-order valence-electron chi connectivity index (χ2n) is 3.75. The van der Waals surface area contributed by atoms with Crippen molar-refractivity contribution in [1.29, 1.82) is 0 Å². The summed E-state index contributed by atoms with van der Waals surface area (Å²) >= 11 is 0. The highest BCUT2D eigenvalue weighted by Crippen LogP contribution is 2.02. The van der Waals surface area contributed by atoms with Gasteiger partial charge in [-0.3, -0.25) is 4.79 Å². The fourth-order valence-corrected chi connectivity index (χ4v) is 1.45. The van der Waals surface area contributed by atoms with Crippen molar-refractivity contribution < 1.29 is 19.8 Å². The lowest BCUT2D eigenvalue weighted by molar-refractivity contribution is -0.137. The summed E-state index contributed by atoms with van der Waals surface area (Å²) in [5.74, 6) is -1.03. The minimum Gasteiger partial charge on any atom is -0.480 e. The molecule has 0 aromatic carbocycles. The number of hydrogen-bond donors (Lipinski definition) is 2. The first kappa shape index (κ1) is 15.7. The number of aliphatic hydroxyl groups excluding tert-OH is 1. The van der Waals surface area contributed by atoms with E-state index >= 15 is 0 Å². The van der Waals surface area contributed by atoms with E-state index in [9.17, 15) is 9.59 Å². The molecule has 0 aliphatic rings. The standard InChI is InChI=1S/C11H22N2O4/c1-3-5-6-13(7-8-14)11(17)12(4-2)9-10(15)16/h14H,3-9H2,1-2H3,(H,15,16). The Morgan fingerprint density at radius 1 is 1.12 bits per heavy atom. The van der Waals surface area contributed by atoms with E-state index < -0.39 is 5.97 Å². The van der Waals surface area contributed by atoms with Crippen molar-refractivity contribution in [2.75, 3.05) is 32.8 Å². The Hall–Kier alpha value is -1.30. The van der Waals surface area contributed by atoms with Crippen LogP contribution in [0.1, 0.15) is 26.7 Å². The van der Waals surface area contributed by atoms with Gasteiger partial charge in [0.25, 0.3) is 0 Å². The number of urea groups is 1. The first-order valence-corrected chi connectivity index (χ1v) is 5.93. The summed E-state index contributed by atoms with van der Waals surface area (Å²) in [7, 11) is 0. The minimum absolute atomic E-state index is 0.111. The van der Waals surface area contributed by atoms with Crippen LogP contribution in [-0.4, -0.2) is 64.8 Å². The molecule has 0 aromatic rings. The summed E-state index contributed by atoms with van der Waals surface area (Å²) in [4.78, 5) is 25.3. The number of likely N-dealkylation sites (N-methyl/N-ethyl adjacent to an activating group) is 1. The lowest BCUT2D eigenvalue weighted by Crippen LogP contribution is -2.46. The van der Waals surface area contributed by atoms with Crippen LogP contribution < -0.4 is 0 Å². The Morgan fingerprint density at radius 2 is 1.76 bits per heavy atom. The van der Waals surface area contributed by atoms with Crippen LogP contribution in [0.25, 0.3) is 0 Å². The summed E-state index contributed by atoms with van der Waals surface area (Å²) in [6, 6.07) is -0.322. The maximum atomic E-state index is 12.0. The number of amides is 2. The predicted octanol–water partition coefficient (Wildman–Crippen LogP) is 0.607. The molecule has 0 spiro atoms. The first-order chi connectivity index (χ1) is 8.06. The van der Waals surface area contributed by atoms with Gasteiger partial charge >= 0.3 is 12.0 Å². The first-order valence-electron chi connectivity index (χ1n) is 5.93. The van der Waals surface area contributed by atoms with Crippen molar-refractivity contribution >= 4 is 12.0 Å². The lowest BCUT2D eigenvalue weighted by atomic mass is 10.3. The van der Waals surface area contributed by atoms with Gasteiger partial charge in [-0.1, -0.05) is 13.3 Å². The van der Waals surface area contributed by atoms with Crippen LogP contribution >= 0.6 is 0 Å². The van der Waals surface area contributed by atoms with Crippen LogP contribution in [-0.2, 0) is 4.79 Å². The highest BCUT2D eigenvalue weighted by Gasteiger charge is 2.20. The molecule has 0 saturated heterocycles. The number of hydrogen-bond acceptors (Lipinski definition) is 3. The van der Waals surface area contributed by atoms with E-state index in [1.54, 1.807) is 6.92 Å². The number of aliphatic carboxylic acids is 1. The van der Waals surface area contributed by atoms with Crippen molar-refractivity contribution in [3.63, 3.8) is 0 Å². The summed E-state index contributed by atoms with van der Waals surface area (Å²) in [5, 5.41) is 17.6. The fraction of sp³-hybridized carbons (Fsp3) is 0.818. The number of carboxylic acid groups (broad SMARTS) is 1. The van der Waals surface area contributed by atoms with Gasteiger partial charge in [-0.15, -0.1) is 0 Å². The molecule has 0 aliphatic carbocycles. The molecule has 0 atom stereocenters. The average molecular weight is 246 g/mol. The molecule has 0 heterocycles. The number of carbonyl (C=O) groups excluding carboxylic acids is 1. The Balaban J connectivity index is 4.48. The fourth-order valence-electron chi connectivity index (χ4n) is 1.45. The van der Waals surface area contributed by atoms with Gasteiger partial charge in [-0.25, -0.2) is 4.79 Å². The molecule has 0 aliphatic heterocycles. The van der Waals surface area contributed by atoms with E-state index in [0.717, 1.165) is 12.8 Å². The maximum Gasteiger partial charge on any atom is 0.323 e. The molecular weight excluding hydrogens is 224 g/mol. The van der Waals surface area contributed by atoms with Crippen molar-refractivity contribution in [3.8, 4) is 0 Å². The van der Waals surface area contributed by atoms with Crippen molar-refractivity contribution in [1.82, 2.24) is 9.80 Å². The topological polar surface area (TPSA) is 81.1 Å². The van der Waals surface area contributed by atoms with Crippen molar-refractivity contribution in [3.05, 3.63) is 0 Å². The molecule has 100 valence electrons. The van der Waals surface area contributed by atoms with E-state index in [-0.39, 0.29) is 25.7 Å². The molecular formula is C11H22N2O4. The zero-order valence-electron chi connectivity index (χ0n) is 10.6. The van der Waals surface area contributed by atoms with Crippen LogP contribution in [0.15, 0.2) is 0 Å². The quantitative estimate of drug-likeness (QED) is 0.657. The number of carbonyl (C=O) groups is 2. The largest absolute Gasteiger partial charge is 0.480 e. The van der Waals surface area contributed by atoms with Gasteiger partial charge in [0.05, 0.1) is 6.61 Å². The molecule has 6 heteroatoms. The molecule has 0 saturated carbocycles. The third kappa shape index (κ3) is 6.11. The van der Waals surface area contributed by atoms with Crippen LogP contribution in [0.3, 0.4) is 0 Å². The smallest absolute Gasteiger partial charge is 0.323 e. The molecule has 0 unspecified atom stereocenters. The number of aliphatic hydroxyl groups is 1. The van der Waals surface area contributed by atoms with Gasteiger partial charge in [0.15, 0.2) is 0 Å². The van der Waals surface area contributed by atoms with Gasteiger partial charge < -0.3 is 20.0 Å². The molecule has 6 nitrogen and oxygen atoms in total. The summed E-state index contributed by atoms with van der Waals surface area (Å²) in [6.07, 6.45) is 1.79. The average Bonchev–Trinajstić information content (AvgIpc) is 2.30. The minimum atomic E-state index is -1.03. The molecule has 0 bridgehead atoms. The molecule has 17 heavy (non-hydrogen) atoms. The second-order valence-corrected chi connectivity index (χ2v) is 3.75. The van der Waals surface area contributed by atoms with E-state index in [2.05, 4.69) is 0 Å². The summed E-state index contributed by atoms with van der Waals surface area (Å²) < 4.78 is 0. The monoisotopic (exact) mass is 246 g/mol. The highest BCUT2D eigenvalue weighted by atomic mass is 16.4. The van der Waals surface area contributed by atoms with Gasteiger partial charge in [-0.05, 0) is 13.3 Å². The Morgan fingerprint density at radius 3 is 2.18 bits per heavy atom. The molecule has 0 rings (SSSR count). The zero-order chi connectivity index (χ0) is 13.3. The maximum absolute atomic E-state index is 12.0. The third-order valence-corrected chi connectivity index (χ3v) is 2.40. The summed E-state index contributed by atoms with van der Waals surface area (Å²) in [5.41, 5.74) is 0. The predicted molar refractivity (Wildman–Crippen MR) is 63.8 cm³/mol. The SMILES string of the molecule is CCCCN(CCO)C(=O)N(CC)CC(=O)O. The molecule has 0 aromatic heterocycles. The lowest BCUT2D eigenvalue weighted by Gasteiger charge is -2.28. The van der Waals surface area contributed by atoms with Gasteiger partial charge in [0.1, 0.15) is 6.54 Å². The van der Waals surface area contributed by atoms with Gasteiger partial charge in [0, 0.05) is 19.6 Å². The van der Waals surface area contributed by atoms with E-state index in [0.29, 0.717) is 13.1 Å². The van der Waals surface area contributed by atoms with Crippen LogP contribution in [0.2, 0.25) is 0 Å². The zero-order valence-corrected chi connectivity index (χ0v) is 10.6. The Bertz CT molecular complexity index is 246. The van der Waals surface area contributed by atoms with E-state index in [1.165, 1.54) is 9.80 Å². The van der Waals surface area contributed by atoms with Crippen LogP contribution in [0.4, 0.5) is 4.79 Å². The van der Waals surface area contributed by atoms with Crippen molar-refractivity contribution in [2.45, 2.75) is 26.7 Å². The molecule has 2 amide bonds. The van der Waals surface area contributed by atoms with E-state index in [1.807, 2.05) is 6.92 Å². The van der Waals surface area contributed by atoms with Crippen molar-refractivity contribution in [2.24, 2.45) is 0 Å².